The van der Waals surface area contributed by atoms with Gasteiger partial charge >= 0.3 is 0 Å². The Kier molecular flexibility index (Phi) is 3.92. The molecular formula is C14H12ClNO3S. The minimum absolute atomic E-state index is 0.0587. The van der Waals surface area contributed by atoms with Gasteiger partial charge in [0, 0.05) is 5.02 Å². The number of ketones is 1. The van der Waals surface area contributed by atoms with Crippen LogP contribution in [0.3, 0.4) is 0 Å². The summed E-state index contributed by atoms with van der Waals surface area (Å²) in [6.45, 7) is 3.26. The molecule has 0 aromatic heterocycles. The van der Waals surface area contributed by atoms with E-state index < -0.39 is 10.0 Å². The number of Topliss-reactive ketones (excluding diaryl/α,β-unsaturated/α-hetero) is 1. The van der Waals surface area contributed by atoms with Gasteiger partial charge in [-0.25, -0.2) is 0 Å². The summed E-state index contributed by atoms with van der Waals surface area (Å²) in [6.07, 6.45) is 2.92. The van der Waals surface area contributed by atoms with Gasteiger partial charge in [-0.15, -0.1) is 0 Å². The normalized spacial score (nSPS) is 15.8. The van der Waals surface area contributed by atoms with Crippen molar-refractivity contribution < 1.29 is 13.2 Å². The molecule has 1 aliphatic rings. The number of nitrogens with zero attached hydrogens (tertiary/aromatic N) is 1. The Balaban J connectivity index is 2.44. The maximum atomic E-state index is 12.1. The van der Waals surface area contributed by atoms with Crippen molar-refractivity contribution >= 4 is 33.1 Å². The van der Waals surface area contributed by atoms with Crippen molar-refractivity contribution in [3.8, 4) is 0 Å². The van der Waals surface area contributed by atoms with E-state index in [0.717, 1.165) is 0 Å². The minimum Gasteiger partial charge on any atom is -0.289 e. The SMILES string of the molecule is CC1=CC(=NS(=O)(=O)c2ccc(Cl)cc2)C=C(C)C1=O. The summed E-state index contributed by atoms with van der Waals surface area (Å²) in [7, 11) is -3.81. The van der Waals surface area contributed by atoms with E-state index in [1.54, 1.807) is 13.8 Å². The third-order valence-electron chi connectivity index (χ3n) is 2.78. The van der Waals surface area contributed by atoms with E-state index in [0.29, 0.717) is 16.2 Å². The van der Waals surface area contributed by atoms with Crippen LogP contribution in [-0.4, -0.2) is 19.9 Å². The third kappa shape index (κ3) is 3.05. The quantitative estimate of drug-likeness (QED) is 0.789. The predicted octanol–water partition coefficient (Wildman–Crippen LogP) is 2.95. The molecule has 1 aliphatic carbocycles. The number of sulfonamides is 1. The standard InChI is InChI=1S/C14H12ClNO3S/c1-9-7-12(8-10(2)14(9)17)16-20(18,19)13-5-3-11(15)4-6-13/h3-8H,1-2H3. The number of benzene rings is 1. The molecule has 0 saturated heterocycles. The van der Waals surface area contributed by atoms with Crippen molar-refractivity contribution in [2.75, 3.05) is 0 Å². The Labute approximate surface area is 122 Å². The molecule has 0 heterocycles. The molecule has 0 saturated carbocycles. The van der Waals surface area contributed by atoms with E-state index in [1.165, 1.54) is 36.4 Å². The Morgan fingerprint density at radius 2 is 1.50 bits per heavy atom. The monoisotopic (exact) mass is 309 g/mol. The molecule has 1 aromatic rings. The Hall–Kier alpha value is -1.72. The van der Waals surface area contributed by atoms with Crippen LogP contribution in [0.1, 0.15) is 13.8 Å². The van der Waals surface area contributed by atoms with Gasteiger partial charge in [-0.2, -0.15) is 12.8 Å². The summed E-state index contributed by atoms with van der Waals surface area (Å²) < 4.78 is 28.0. The van der Waals surface area contributed by atoms with Crippen molar-refractivity contribution in [2.45, 2.75) is 18.7 Å². The smallest absolute Gasteiger partial charge is 0.282 e. The lowest BCUT2D eigenvalue weighted by Crippen LogP contribution is -2.12. The van der Waals surface area contributed by atoms with Gasteiger partial charge in [0.2, 0.25) is 0 Å². The number of carbonyl (C=O) groups is 1. The number of allylic oxidation sites excluding steroid dienone is 4. The fourth-order valence-corrected chi connectivity index (χ4v) is 2.87. The van der Waals surface area contributed by atoms with Crippen LogP contribution in [0.4, 0.5) is 0 Å². The van der Waals surface area contributed by atoms with E-state index in [4.69, 9.17) is 11.6 Å². The van der Waals surface area contributed by atoms with Crippen LogP contribution in [0.25, 0.3) is 0 Å². The highest BCUT2D eigenvalue weighted by Crippen LogP contribution is 2.18. The van der Waals surface area contributed by atoms with E-state index >= 15 is 0 Å². The van der Waals surface area contributed by atoms with Gasteiger partial charge in [0.05, 0.1) is 10.6 Å². The average molecular weight is 310 g/mol. The maximum absolute atomic E-state index is 12.1. The molecule has 0 radical (unpaired) electrons. The third-order valence-corrected chi connectivity index (χ3v) is 4.35. The fourth-order valence-electron chi connectivity index (χ4n) is 1.78. The molecule has 0 aliphatic heterocycles. The maximum Gasteiger partial charge on any atom is 0.282 e. The van der Waals surface area contributed by atoms with E-state index in [-0.39, 0.29) is 16.4 Å². The molecule has 0 fully saturated rings. The summed E-state index contributed by atoms with van der Waals surface area (Å²) in [5, 5.41) is 0.450. The minimum atomic E-state index is -3.81. The molecule has 20 heavy (non-hydrogen) atoms. The second-order valence-corrected chi connectivity index (χ2v) is 6.47. The fraction of sp³-hybridized carbons (Fsp3) is 0.143. The predicted molar refractivity (Wildman–Crippen MR) is 78.6 cm³/mol. The highest BCUT2D eigenvalue weighted by atomic mass is 35.5. The van der Waals surface area contributed by atoms with Crippen LogP contribution in [0.15, 0.2) is 56.9 Å². The van der Waals surface area contributed by atoms with Gasteiger partial charge in [0.1, 0.15) is 0 Å². The van der Waals surface area contributed by atoms with Crippen molar-refractivity contribution in [1.29, 1.82) is 0 Å². The molecule has 0 bridgehead atoms. The number of hydrogen-bond acceptors (Lipinski definition) is 3. The molecule has 6 heteroatoms. The van der Waals surface area contributed by atoms with Gasteiger partial charge in [0.25, 0.3) is 10.0 Å². The number of rotatable bonds is 2. The second kappa shape index (κ2) is 5.34. The van der Waals surface area contributed by atoms with Crippen molar-refractivity contribution in [2.24, 2.45) is 4.40 Å². The van der Waals surface area contributed by atoms with Crippen molar-refractivity contribution in [3.63, 3.8) is 0 Å². The van der Waals surface area contributed by atoms with Crippen molar-refractivity contribution in [1.82, 2.24) is 0 Å². The molecule has 0 spiro atoms. The summed E-state index contributed by atoms with van der Waals surface area (Å²) in [6, 6.07) is 5.76. The summed E-state index contributed by atoms with van der Waals surface area (Å²) in [5.41, 5.74) is 1.18. The highest BCUT2D eigenvalue weighted by molar-refractivity contribution is 7.90. The molecule has 0 N–H and O–H groups in total. The van der Waals surface area contributed by atoms with Gasteiger partial charge in [0.15, 0.2) is 5.78 Å². The number of hydrogen-bond donors (Lipinski definition) is 0. The lowest BCUT2D eigenvalue weighted by atomic mass is 9.98. The number of halogens is 1. The molecule has 104 valence electrons. The molecule has 2 rings (SSSR count). The Morgan fingerprint density at radius 3 is 2.00 bits per heavy atom. The van der Waals surface area contributed by atoms with E-state index in [9.17, 15) is 13.2 Å². The largest absolute Gasteiger partial charge is 0.289 e. The molecule has 0 unspecified atom stereocenters. The van der Waals surface area contributed by atoms with Crippen LogP contribution < -0.4 is 0 Å². The van der Waals surface area contributed by atoms with Crippen LogP contribution in [0.5, 0.6) is 0 Å². The zero-order valence-corrected chi connectivity index (χ0v) is 12.5. The van der Waals surface area contributed by atoms with E-state index in [2.05, 4.69) is 4.40 Å². The molecule has 1 aromatic carbocycles. The first-order valence-corrected chi connectivity index (χ1v) is 7.63. The molecule has 0 amide bonds. The average Bonchev–Trinajstić information content (AvgIpc) is 2.36. The first-order chi connectivity index (χ1) is 9.29. The lowest BCUT2D eigenvalue weighted by molar-refractivity contribution is -0.112. The Morgan fingerprint density at radius 1 is 1.00 bits per heavy atom. The van der Waals surface area contributed by atoms with Crippen LogP contribution in [0.2, 0.25) is 5.02 Å². The van der Waals surface area contributed by atoms with Crippen LogP contribution >= 0.6 is 11.6 Å². The van der Waals surface area contributed by atoms with Crippen LogP contribution in [-0.2, 0) is 14.8 Å². The lowest BCUT2D eigenvalue weighted by Gasteiger charge is -2.08. The van der Waals surface area contributed by atoms with Crippen molar-refractivity contribution in [3.05, 3.63) is 52.6 Å². The summed E-state index contributed by atoms with van der Waals surface area (Å²) >= 11 is 5.72. The van der Waals surface area contributed by atoms with Gasteiger partial charge in [-0.1, -0.05) is 11.6 Å². The zero-order valence-electron chi connectivity index (χ0n) is 10.9. The van der Waals surface area contributed by atoms with Gasteiger partial charge < -0.3 is 0 Å². The Bertz CT molecular complexity index is 732. The molecule has 4 nitrogen and oxygen atoms in total. The second-order valence-electron chi connectivity index (χ2n) is 4.43. The number of carbonyl (C=O) groups excluding carboxylic acids is 1. The summed E-state index contributed by atoms with van der Waals surface area (Å²) in [4.78, 5) is 11.6. The summed E-state index contributed by atoms with van der Waals surface area (Å²) in [5.74, 6) is -0.104. The molecule has 0 atom stereocenters. The molecular weight excluding hydrogens is 298 g/mol. The van der Waals surface area contributed by atoms with E-state index in [1.807, 2.05) is 0 Å². The van der Waals surface area contributed by atoms with Crippen LogP contribution in [0, 0.1) is 0 Å². The highest BCUT2D eigenvalue weighted by Gasteiger charge is 2.17. The van der Waals surface area contributed by atoms with Gasteiger partial charge in [-0.3, -0.25) is 4.79 Å². The topological polar surface area (TPSA) is 63.6 Å². The first kappa shape index (κ1) is 14.7. The van der Waals surface area contributed by atoms with Gasteiger partial charge in [-0.05, 0) is 61.4 Å². The zero-order chi connectivity index (χ0) is 14.9. The first-order valence-electron chi connectivity index (χ1n) is 5.81.